The van der Waals surface area contributed by atoms with Gasteiger partial charge in [-0.3, -0.25) is 37.3 Å². The van der Waals surface area contributed by atoms with Crippen LogP contribution < -0.4 is 0 Å². The summed E-state index contributed by atoms with van der Waals surface area (Å²) in [6, 6.07) is 0. The Labute approximate surface area is 670 Å². The summed E-state index contributed by atoms with van der Waals surface area (Å²) in [7, 11) is -9.93. The molecule has 0 saturated heterocycles. The Morgan fingerprint density at radius 1 is 0.248 bits per heavy atom. The highest BCUT2D eigenvalue weighted by Crippen LogP contribution is 2.45. The minimum atomic E-state index is -4.97. The minimum Gasteiger partial charge on any atom is -0.462 e. The largest absolute Gasteiger partial charge is 0.472 e. The van der Waals surface area contributed by atoms with E-state index >= 15 is 0 Å². The van der Waals surface area contributed by atoms with Crippen molar-refractivity contribution in [2.45, 2.75) is 509 Å². The molecule has 2 unspecified atom stereocenters. The molecule has 0 radical (unpaired) electrons. The Bertz CT molecular complexity index is 2070. The average Bonchev–Trinajstić information content (AvgIpc) is 0.898. The van der Waals surface area contributed by atoms with Gasteiger partial charge >= 0.3 is 39.5 Å². The third kappa shape index (κ3) is 83.8. The Balaban J connectivity index is 5.19. The third-order valence-corrected chi connectivity index (χ3v) is 23.2. The van der Waals surface area contributed by atoms with E-state index in [0.29, 0.717) is 25.7 Å². The number of unbranched alkanes of at least 4 members (excludes halogenated alkanes) is 62. The van der Waals surface area contributed by atoms with Crippen LogP contribution in [0.2, 0.25) is 0 Å². The summed E-state index contributed by atoms with van der Waals surface area (Å²) < 4.78 is 69.0. The molecule has 0 saturated carbocycles. The van der Waals surface area contributed by atoms with Crippen molar-refractivity contribution in [2.24, 2.45) is 5.92 Å². The number of rotatable bonds is 90. The molecule has 0 aliphatic rings. The summed E-state index contributed by atoms with van der Waals surface area (Å²) in [6.45, 7) is 7.39. The number of ether oxygens (including phenoxy) is 4. The van der Waals surface area contributed by atoms with Crippen molar-refractivity contribution in [1.82, 2.24) is 0 Å². The number of hydrogen-bond donors (Lipinski definition) is 3. The first-order valence-electron chi connectivity index (χ1n) is 46.6. The molecular weight excluding hydrogens is 1410 g/mol. The first kappa shape index (κ1) is 107. The Kier molecular flexibility index (Phi) is 81.1. The predicted octanol–water partition coefficient (Wildman–Crippen LogP) is 27.9. The number of aliphatic hydroxyl groups excluding tert-OH is 1. The fourth-order valence-electron chi connectivity index (χ4n) is 14.2. The molecule has 0 heterocycles. The van der Waals surface area contributed by atoms with Crippen molar-refractivity contribution in [2.75, 3.05) is 39.6 Å². The molecule has 0 aromatic carbocycles. The van der Waals surface area contributed by atoms with Crippen LogP contribution in [0.5, 0.6) is 0 Å². The number of carbonyl (C=O) groups excluding carboxylic acids is 4. The van der Waals surface area contributed by atoms with Crippen LogP contribution >= 0.6 is 15.6 Å². The summed E-state index contributed by atoms with van der Waals surface area (Å²) >= 11 is 0. The Morgan fingerprint density at radius 3 is 0.624 bits per heavy atom. The van der Waals surface area contributed by atoms with Gasteiger partial charge in [0.1, 0.15) is 19.3 Å². The summed E-state index contributed by atoms with van der Waals surface area (Å²) in [6.07, 6.45) is 78.0. The fourth-order valence-corrected chi connectivity index (χ4v) is 15.8. The number of carbonyl (C=O) groups is 4. The number of phosphoric acid groups is 2. The standard InChI is InChI=1S/C90H176O17P2/c1-6-9-12-15-18-21-23-25-27-29-31-33-35-37-41-45-49-54-59-64-69-74-88(93)101-80-86(107-90(95)75-70-65-60-55-50-46-42-38-36-34-32-30-28-26-24-22-19-16-13-10-7-2)82-105-109(98,99)103-78-84(91)77-102-108(96,97)104-81-85(79-100-87(92)73-68-63-58-52-20-17-14-11-8-3)106-89(94)76-71-66-61-56-51-47-43-39-40-44-48-53-57-62-67-72-83(4)5/h83-86,91H,6-82H2,1-5H3,(H,96,97)(H,98,99)/t84-,85+,86+/m0/s1. The van der Waals surface area contributed by atoms with Gasteiger partial charge in [0, 0.05) is 25.7 Å². The number of phosphoric ester groups is 2. The van der Waals surface area contributed by atoms with Crippen molar-refractivity contribution in [3.05, 3.63) is 0 Å². The molecule has 0 aromatic heterocycles. The van der Waals surface area contributed by atoms with E-state index in [4.69, 9.17) is 37.0 Å². The first-order chi connectivity index (χ1) is 53.0. The lowest BCUT2D eigenvalue weighted by Gasteiger charge is -2.21. The van der Waals surface area contributed by atoms with E-state index < -0.39 is 97.5 Å². The maximum absolute atomic E-state index is 13.2. The van der Waals surface area contributed by atoms with Gasteiger partial charge in [-0.05, 0) is 31.6 Å². The summed E-state index contributed by atoms with van der Waals surface area (Å²) in [5, 5.41) is 10.7. The zero-order valence-electron chi connectivity index (χ0n) is 71.7. The van der Waals surface area contributed by atoms with Gasteiger partial charge in [-0.15, -0.1) is 0 Å². The monoisotopic (exact) mass is 1590 g/mol. The first-order valence-corrected chi connectivity index (χ1v) is 49.6. The van der Waals surface area contributed by atoms with Crippen LogP contribution in [0.4, 0.5) is 0 Å². The quantitative estimate of drug-likeness (QED) is 0.0222. The van der Waals surface area contributed by atoms with Crippen LogP contribution in [-0.4, -0.2) is 96.7 Å². The molecule has 0 fully saturated rings. The maximum atomic E-state index is 13.2. The van der Waals surface area contributed by atoms with Crippen LogP contribution in [0.15, 0.2) is 0 Å². The molecule has 0 amide bonds. The Morgan fingerprint density at radius 2 is 0.422 bits per heavy atom. The van der Waals surface area contributed by atoms with Gasteiger partial charge in [0.15, 0.2) is 12.2 Å². The molecule has 3 N–H and O–H groups in total. The normalized spacial score (nSPS) is 13.7. The van der Waals surface area contributed by atoms with Gasteiger partial charge in [0.2, 0.25) is 0 Å². The smallest absolute Gasteiger partial charge is 0.462 e. The van der Waals surface area contributed by atoms with Gasteiger partial charge in [-0.1, -0.05) is 439 Å². The summed E-state index contributed by atoms with van der Waals surface area (Å²) in [5.74, 6) is -1.29. The highest BCUT2D eigenvalue weighted by Gasteiger charge is 2.31. The van der Waals surface area contributed by atoms with Gasteiger partial charge < -0.3 is 33.8 Å². The molecule has 648 valence electrons. The van der Waals surface area contributed by atoms with E-state index in [1.54, 1.807) is 0 Å². The molecule has 0 spiro atoms. The van der Waals surface area contributed by atoms with Crippen LogP contribution in [0, 0.1) is 5.92 Å². The molecular formula is C90H176O17P2. The van der Waals surface area contributed by atoms with E-state index in [0.717, 1.165) is 95.8 Å². The van der Waals surface area contributed by atoms with Crippen LogP contribution in [-0.2, 0) is 65.4 Å². The predicted molar refractivity (Wildman–Crippen MR) is 451 cm³/mol. The molecule has 0 aliphatic carbocycles. The third-order valence-electron chi connectivity index (χ3n) is 21.3. The van der Waals surface area contributed by atoms with Crippen molar-refractivity contribution < 1.29 is 80.2 Å². The highest BCUT2D eigenvalue weighted by atomic mass is 31.2. The van der Waals surface area contributed by atoms with Crippen molar-refractivity contribution in [3.8, 4) is 0 Å². The van der Waals surface area contributed by atoms with Gasteiger partial charge in [-0.2, -0.15) is 0 Å². The summed E-state index contributed by atoms with van der Waals surface area (Å²) in [5.41, 5.74) is 0. The molecule has 0 bridgehead atoms. The van der Waals surface area contributed by atoms with E-state index in [1.165, 1.54) is 315 Å². The zero-order valence-corrected chi connectivity index (χ0v) is 73.5. The van der Waals surface area contributed by atoms with Crippen molar-refractivity contribution in [3.63, 3.8) is 0 Å². The lowest BCUT2D eigenvalue weighted by atomic mass is 10.0. The molecule has 0 aliphatic heterocycles. The molecule has 19 heteroatoms. The number of aliphatic hydroxyl groups is 1. The van der Waals surface area contributed by atoms with Gasteiger partial charge in [-0.25, -0.2) is 9.13 Å². The topological polar surface area (TPSA) is 237 Å². The molecule has 5 atom stereocenters. The summed E-state index contributed by atoms with van der Waals surface area (Å²) in [4.78, 5) is 73.3. The van der Waals surface area contributed by atoms with Gasteiger partial charge in [0.25, 0.3) is 0 Å². The van der Waals surface area contributed by atoms with Crippen LogP contribution in [0.3, 0.4) is 0 Å². The van der Waals surface area contributed by atoms with E-state index in [9.17, 15) is 43.2 Å². The van der Waals surface area contributed by atoms with Gasteiger partial charge in [0.05, 0.1) is 26.4 Å². The number of esters is 4. The minimum absolute atomic E-state index is 0.108. The van der Waals surface area contributed by atoms with Crippen molar-refractivity contribution in [1.29, 1.82) is 0 Å². The molecule has 0 aromatic rings. The second-order valence-corrected chi connectivity index (χ2v) is 35.7. The van der Waals surface area contributed by atoms with Crippen LogP contribution in [0.25, 0.3) is 0 Å². The average molecular weight is 1590 g/mol. The lowest BCUT2D eigenvalue weighted by molar-refractivity contribution is -0.161. The SMILES string of the molecule is CCCCCCCCCCCCCCCCCCCCCCCC(=O)OC[C@H](COP(=O)(O)OC[C@@H](O)COP(=O)(O)OC[C@@H](COC(=O)CCCCCCCCCCC)OC(=O)CCCCCCCCCCCCCCCCCC(C)C)OC(=O)CCCCCCCCCCCCCCCCCCCCCCC. The lowest BCUT2D eigenvalue weighted by Crippen LogP contribution is -2.30. The molecule has 109 heavy (non-hydrogen) atoms. The number of hydrogen-bond acceptors (Lipinski definition) is 15. The zero-order chi connectivity index (χ0) is 79.7. The fraction of sp³-hybridized carbons (Fsp3) is 0.956. The second kappa shape index (κ2) is 82.6. The van der Waals surface area contributed by atoms with Crippen molar-refractivity contribution >= 4 is 39.5 Å². The molecule has 0 rings (SSSR count). The second-order valence-electron chi connectivity index (χ2n) is 32.8. The highest BCUT2D eigenvalue weighted by molar-refractivity contribution is 7.47. The van der Waals surface area contributed by atoms with E-state index in [1.807, 2.05) is 0 Å². The van der Waals surface area contributed by atoms with E-state index in [2.05, 4.69) is 34.6 Å². The van der Waals surface area contributed by atoms with E-state index in [-0.39, 0.29) is 25.7 Å². The maximum Gasteiger partial charge on any atom is 0.472 e. The van der Waals surface area contributed by atoms with Crippen LogP contribution in [0.1, 0.15) is 490 Å². The molecule has 17 nitrogen and oxygen atoms in total. The Hall–Kier alpha value is -1.94.